The van der Waals surface area contributed by atoms with Crippen molar-refractivity contribution in [3.8, 4) is 0 Å². The van der Waals surface area contributed by atoms with Gasteiger partial charge in [-0.2, -0.15) is 0 Å². The van der Waals surface area contributed by atoms with Gasteiger partial charge in [-0.3, -0.25) is 14.6 Å². The number of hydrogen-bond donors (Lipinski definition) is 0. The van der Waals surface area contributed by atoms with E-state index < -0.39 is 0 Å². The first-order valence-electron chi connectivity index (χ1n) is 9.21. The van der Waals surface area contributed by atoms with Gasteiger partial charge in [-0.1, -0.05) is 6.07 Å². The first-order chi connectivity index (χ1) is 13.6. The molecule has 1 fully saturated rings. The molecule has 7 nitrogen and oxygen atoms in total. The summed E-state index contributed by atoms with van der Waals surface area (Å²) in [5.74, 6) is -0.0894. The van der Waals surface area contributed by atoms with Crippen LogP contribution in [0.1, 0.15) is 37.7 Å². The first kappa shape index (κ1) is 17.1. The normalized spacial score (nSPS) is 21.0. The Hall–Kier alpha value is -3.00. The summed E-state index contributed by atoms with van der Waals surface area (Å²) < 4.78 is 2.02. The first-order valence-corrected chi connectivity index (χ1v) is 10.1. The second-order valence-corrected chi connectivity index (χ2v) is 8.21. The van der Waals surface area contributed by atoms with Crippen molar-refractivity contribution < 1.29 is 9.59 Å². The molecule has 8 heteroatoms. The van der Waals surface area contributed by atoms with Crippen LogP contribution in [0.5, 0.6) is 0 Å². The number of amides is 2. The van der Waals surface area contributed by atoms with Gasteiger partial charge in [0.15, 0.2) is 0 Å². The Kier molecular flexibility index (Phi) is 4.01. The van der Waals surface area contributed by atoms with Crippen LogP contribution in [0.15, 0.2) is 48.1 Å². The number of fused-ring (bicyclic) bond motifs is 3. The molecule has 0 bridgehead atoms. The van der Waals surface area contributed by atoms with E-state index in [-0.39, 0.29) is 23.9 Å². The van der Waals surface area contributed by atoms with E-state index in [2.05, 4.69) is 9.97 Å². The quantitative estimate of drug-likeness (QED) is 0.685. The number of hydrogen-bond acceptors (Lipinski definition) is 5. The third kappa shape index (κ3) is 2.72. The van der Waals surface area contributed by atoms with Gasteiger partial charge in [0.25, 0.3) is 11.8 Å². The molecular weight excluding hydrogens is 374 g/mol. The summed E-state index contributed by atoms with van der Waals surface area (Å²) in [5, 5.41) is 2.68. The Balaban J connectivity index is 1.47. The lowest BCUT2D eigenvalue weighted by Crippen LogP contribution is -2.50. The molecular formula is C20H19N5O2S. The molecule has 0 aliphatic carbocycles. The van der Waals surface area contributed by atoms with Crippen molar-refractivity contribution in [2.75, 3.05) is 13.1 Å². The van der Waals surface area contributed by atoms with Crippen LogP contribution in [0.3, 0.4) is 0 Å². The summed E-state index contributed by atoms with van der Waals surface area (Å²) in [6.45, 7) is 3.39. The number of nitrogens with zero attached hydrogens (tertiary/aromatic N) is 5. The second kappa shape index (κ2) is 6.56. The van der Waals surface area contributed by atoms with Crippen LogP contribution in [0.2, 0.25) is 0 Å². The zero-order valence-corrected chi connectivity index (χ0v) is 16.2. The standard InChI is InChI=1S/C20H19N5O2S/c1-13-22-15(12-28-13)19(26)23-10-17-18(11-23)25(9-14-5-2-3-7-21-14)20(27)16-6-4-8-24(16)17/h2-8,12,17-18H,9-11H2,1H3/t17-,18+/m0/s1. The molecule has 3 aromatic rings. The lowest BCUT2D eigenvalue weighted by molar-refractivity contribution is 0.0547. The molecule has 2 atom stereocenters. The minimum atomic E-state index is -0.0851. The van der Waals surface area contributed by atoms with Crippen molar-refractivity contribution in [1.82, 2.24) is 24.3 Å². The van der Waals surface area contributed by atoms with Gasteiger partial charge >= 0.3 is 0 Å². The highest BCUT2D eigenvalue weighted by Gasteiger charge is 2.46. The summed E-state index contributed by atoms with van der Waals surface area (Å²) in [4.78, 5) is 38.5. The van der Waals surface area contributed by atoms with E-state index in [1.165, 1.54) is 11.3 Å². The van der Waals surface area contributed by atoms with Crippen molar-refractivity contribution in [3.63, 3.8) is 0 Å². The smallest absolute Gasteiger partial charge is 0.273 e. The molecule has 2 amide bonds. The Labute approximate surface area is 166 Å². The summed E-state index contributed by atoms with van der Waals surface area (Å²) >= 11 is 1.47. The molecule has 0 unspecified atom stereocenters. The van der Waals surface area contributed by atoms with Crippen molar-refractivity contribution in [2.24, 2.45) is 0 Å². The number of thiazole rings is 1. The van der Waals surface area contributed by atoms with Gasteiger partial charge in [0.05, 0.1) is 29.3 Å². The van der Waals surface area contributed by atoms with E-state index in [4.69, 9.17) is 0 Å². The van der Waals surface area contributed by atoms with Gasteiger partial charge in [-0.05, 0) is 31.2 Å². The molecule has 0 N–H and O–H groups in total. The van der Waals surface area contributed by atoms with Gasteiger partial charge in [0.1, 0.15) is 11.4 Å². The number of likely N-dealkylation sites (tertiary alicyclic amines) is 1. The van der Waals surface area contributed by atoms with Gasteiger partial charge < -0.3 is 14.4 Å². The molecule has 1 saturated heterocycles. The molecule has 5 rings (SSSR count). The maximum atomic E-state index is 13.1. The number of rotatable bonds is 3. The summed E-state index contributed by atoms with van der Waals surface area (Å²) in [5.41, 5.74) is 1.99. The topological polar surface area (TPSA) is 71.3 Å². The molecule has 3 aromatic heterocycles. The minimum absolute atomic E-state index is 0.0179. The fourth-order valence-electron chi connectivity index (χ4n) is 4.16. The molecule has 5 heterocycles. The number of pyridine rings is 1. The molecule has 0 aromatic carbocycles. The fraction of sp³-hybridized carbons (Fsp3) is 0.300. The Bertz CT molecular complexity index is 1040. The molecule has 0 saturated carbocycles. The molecule has 142 valence electrons. The summed E-state index contributed by atoms with van der Waals surface area (Å²) in [7, 11) is 0. The number of aryl methyl sites for hydroxylation is 1. The Morgan fingerprint density at radius 1 is 1.21 bits per heavy atom. The average Bonchev–Trinajstić information content (AvgIpc) is 3.44. The zero-order valence-electron chi connectivity index (χ0n) is 15.4. The minimum Gasteiger partial charge on any atom is -0.337 e. The van der Waals surface area contributed by atoms with Gasteiger partial charge in [0, 0.05) is 30.9 Å². The van der Waals surface area contributed by atoms with Crippen LogP contribution in [0.25, 0.3) is 0 Å². The maximum absolute atomic E-state index is 13.1. The number of carbonyl (C=O) groups excluding carboxylic acids is 2. The second-order valence-electron chi connectivity index (χ2n) is 7.15. The third-order valence-electron chi connectivity index (χ3n) is 5.46. The summed E-state index contributed by atoms with van der Waals surface area (Å²) in [6, 6.07) is 9.40. The van der Waals surface area contributed by atoms with Crippen LogP contribution in [-0.4, -0.2) is 55.3 Å². The van der Waals surface area contributed by atoms with E-state index in [1.54, 1.807) is 11.6 Å². The number of carbonyl (C=O) groups is 2. The van der Waals surface area contributed by atoms with Gasteiger partial charge in [0.2, 0.25) is 0 Å². The molecule has 0 radical (unpaired) electrons. The monoisotopic (exact) mass is 393 g/mol. The van der Waals surface area contributed by atoms with Crippen molar-refractivity contribution >= 4 is 23.2 Å². The van der Waals surface area contributed by atoms with E-state index in [9.17, 15) is 9.59 Å². The maximum Gasteiger partial charge on any atom is 0.273 e. The van der Waals surface area contributed by atoms with Gasteiger partial charge in [-0.15, -0.1) is 11.3 Å². The van der Waals surface area contributed by atoms with Crippen LogP contribution in [-0.2, 0) is 6.54 Å². The third-order valence-corrected chi connectivity index (χ3v) is 6.23. The molecule has 28 heavy (non-hydrogen) atoms. The highest BCUT2D eigenvalue weighted by Crippen LogP contribution is 2.35. The highest BCUT2D eigenvalue weighted by molar-refractivity contribution is 7.09. The van der Waals surface area contributed by atoms with Crippen molar-refractivity contribution in [3.05, 3.63) is 70.2 Å². The van der Waals surface area contributed by atoms with E-state index in [1.807, 2.05) is 57.8 Å². The summed E-state index contributed by atoms with van der Waals surface area (Å²) in [6.07, 6.45) is 3.67. The van der Waals surface area contributed by atoms with Crippen molar-refractivity contribution in [2.45, 2.75) is 25.6 Å². The van der Waals surface area contributed by atoms with E-state index in [0.29, 0.717) is 31.0 Å². The lowest BCUT2D eigenvalue weighted by Gasteiger charge is -2.37. The fourth-order valence-corrected chi connectivity index (χ4v) is 4.74. The van der Waals surface area contributed by atoms with E-state index in [0.717, 1.165) is 10.7 Å². The highest BCUT2D eigenvalue weighted by atomic mass is 32.1. The predicted octanol–water partition coefficient (Wildman–Crippen LogP) is 2.37. The van der Waals surface area contributed by atoms with Crippen LogP contribution in [0.4, 0.5) is 0 Å². The van der Waals surface area contributed by atoms with Crippen molar-refractivity contribution in [1.29, 1.82) is 0 Å². The average molecular weight is 393 g/mol. The molecule has 0 spiro atoms. The molecule has 2 aliphatic heterocycles. The number of aromatic nitrogens is 3. The van der Waals surface area contributed by atoms with Gasteiger partial charge in [-0.25, -0.2) is 4.98 Å². The SMILES string of the molecule is Cc1nc(C(=O)N2C[C@@H]3[C@H](C2)n2cccc2C(=O)N3Cc2ccccn2)cs1. The molecule has 2 aliphatic rings. The lowest BCUT2D eigenvalue weighted by atomic mass is 10.1. The van der Waals surface area contributed by atoms with Crippen LogP contribution < -0.4 is 0 Å². The van der Waals surface area contributed by atoms with Crippen LogP contribution in [0, 0.1) is 6.92 Å². The Morgan fingerprint density at radius 2 is 2.07 bits per heavy atom. The van der Waals surface area contributed by atoms with E-state index >= 15 is 0 Å². The Morgan fingerprint density at radius 3 is 2.82 bits per heavy atom. The zero-order chi connectivity index (χ0) is 19.3. The van der Waals surface area contributed by atoms with Crippen LogP contribution >= 0.6 is 11.3 Å². The largest absolute Gasteiger partial charge is 0.337 e. The predicted molar refractivity (Wildman–Crippen MR) is 104 cm³/mol.